The smallest absolute Gasteiger partial charge is 0.254 e. The Hall–Kier alpha value is -4.27. The number of fused-ring (bicyclic) bond motifs is 1. The molecule has 0 radical (unpaired) electrons. The maximum atomic E-state index is 13.6. The minimum Gasteiger partial charge on any atom is -0.382 e. The molecule has 2 aliphatic rings. The summed E-state index contributed by atoms with van der Waals surface area (Å²) in [5.41, 5.74) is 3.77. The van der Waals surface area contributed by atoms with Gasteiger partial charge in [0, 0.05) is 53.6 Å². The van der Waals surface area contributed by atoms with Crippen molar-refractivity contribution in [1.29, 1.82) is 0 Å². The molecule has 2 aromatic carbocycles. The number of amides is 2. The molecule has 4 aromatic rings. The van der Waals surface area contributed by atoms with Gasteiger partial charge in [-0.2, -0.15) is 0 Å². The van der Waals surface area contributed by atoms with E-state index >= 15 is 0 Å². The van der Waals surface area contributed by atoms with E-state index in [1.54, 1.807) is 9.80 Å². The van der Waals surface area contributed by atoms with Gasteiger partial charge in [0.1, 0.15) is 23.1 Å². The largest absolute Gasteiger partial charge is 0.382 e. The molecule has 1 aliphatic heterocycles. The molecule has 2 fully saturated rings. The third-order valence-electron chi connectivity index (χ3n) is 7.65. The van der Waals surface area contributed by atoms with E-state index in [4.69, 9.17) is 0 Å². The molecule has 1 aliphatic carbocycles. The Kier molecular flexibility index (Phi) is 6.50. The summed E-state index contributed by atoms with van der Waals surface area (Å²) in [4.78, 5) is 35.9. The number of H-pyrrole nitrogens is 1. The molecule has 7 nitrogen and oxygen atoms in total. The van der Waals surface area contributed by atoms with Crippen molar-refractivity contribution in [3.05, 3.63) is 78.0 Å². The Morgan fingerprint density at radius 1 is 1.08 bits per heavy atom. The standard InChI is InChI=1S/C30H29F2N5O2/c1-18-12-24(9-11-36(18)30(39)20-13-21(31)15-22(32)14-20)34-23-4-2-19(3-5-23)27-16-28(37(17-38)25-6-7-25)35-29-26(27)8-10-33-29/h2-5,8,10,13-18,24-25,34H,6-7,9,11-12H2,1H3,(H,33,35)/t18-,24?/m0/s1. The number of nitrogens with one attached hydrogen (secondary N) is 2. The topological polar surface area (TPSA) is 81.3 Å². The molecule has 2 N–H and O–H groups in total. The van der Waals surface area contributed by atoms with E-state index in [0.29, 0.717) is 18.8 Å². The maximum absolute atomic E-state index is 13.6. The van der Waals surface area contributed by atoms with Crippen molar-refractivity contribution in [2.24, 2.45) is 0 Å². The van der Waals surface area contributed by atoms with Crippen LogP contribution in [0.1, 0.15) is 43.0 Å². The lowest BCUT2D eigenvalue weighted by atomic mass is 9.96. The number of carbonyl (C=O) groups excluding carboxylic acids is 2. The highest BCUT2D eigenvalue weighted by Crippen LogP contribution is 2.35. The molecule has 0 spiro atoms. The van der Waals surface area contributed by atoms with E-state index in [1.807, 2.05) is 37.4 Å². The van der Waals surface area contributed by atoms with Gasteiger partial charge in [0.25, 0.3) is 5.91 Å². The van der Waals surface area contributed by atoms with Crippen molar-refractivity contribution in [2.45, 2.75) is 50.7 Å². The predicted molar refractivity (Wildman–Crippen MR) is 147 cm³/mol. The van der Waals surface area contributed by atoms with Crippen LogP contribution < -0.4 is 10.2 Å². The van der Waals surface area contributed by atoms with Gasteiger partial charge in [0.2, 0.25) is 6.41 Å². The zero-order valence-electron chi connectivity index (χ0n) is 21.5. The number of likely N-dealkylation sites (tertiary alicyclic amines) is 1. The highest BCUT2D eigenvalue weighted by molar-refractivity contribution is 5.96. The van der Waals surface area contributed by atoms with Crippen LogP contribution in [0.5, 0.6) is 0 Å². The zero-order chi connectivity index (χ0) is 27.1. The summed E-state index contributed by atoms with van der Waals surface area (Å²) >= 11 is 0. The molecule has 2 atom stereocenters. The van der Waals surface area contributed by atoms with Gasteiger partial charge < -0.3 is 15.2 Å². The summed E-state index contributed by atoms with van der Waals surface area (Å²) in [6, 6.07) is 15.4. The number of rotatable bonds is 7. The zero-order valence-corrected chi connectivity index (χ0v) is 21.5. The van der Waals surface area contributed by atoms with E-state index < -0.39 is 11.6 Å². The Labute approximate surface area is 224 Å². The van der Waals surface area contributed by atoms with Crippen molar-refractivity contribution in [3.63, 3.8) is 0 Å². The third-order valence-corrected chi connectivity index (χ3v) is 7.65. The number of hydrogen-bond acceptors (Lipinski definition) is 4. The molecule has 3 heterocycles. The quantitative estimate of drug-likeness (QED) is 0.299. The van der Waals surface area contributed by atoms with Gasteiger partial charge in [-0.05, 0) is 80.1 Å². The average Bonchev–Trinajstić information content (AvgIpc) is 3.63. The van der Waals surface area contributed by atoms with E-state index in [2.05, 4.69) is 27.4 Å². The normalized spacial score (nSPS) is 19.2. The molecule has 6 rings (SSSR count). The first kappa shape index (κ1) is 25.0. The number of carbonyl (C=O) groups is 2. The van der Waals surface area contributed by atoms with Gasteiger partial charge >= 0.3 is 0 Å². The second kappa shape index (κ2) is 10.1. The van der Waals surface area contributed by atoms with E-state index in [1.165, 1.54) is 0 Å². The number of aromatic nitrogens is 2. The molecule has 39 heavy (non-hydrogen) atoms. The fraction of sp³-hybridized carbons (Fsp3) is 0.300. The van der Waals surface area contributed by atoms with Crippen LogP contribution in [0.2, 0.25) is 0 Å². The number of piperidine rings is 1. The first-order valence-electron chi connectivity index (χ1n) is 13.3. The molecule has 2 amide bonds. The van der Waals surface area contributed by atoms with E-state index in [0.717, 1.165) is 71.7 Å². The number of benzene rings is 2. The van der Waals surface area contributed by atoms with Crippen molar-refractivity contribution < 1.29 is 18.4 Å². The van der Waals surface area contributed by atoms with Crippen molar-refractivity contribution in [3.8, 4) is 11.1 Å². The summed E-state index contributed by atoms with van der Waals surface area (Å²) in [6.07, 6.45) is 6.14. The first-order valence-corrected chi connectivity index (χ1v) is 13.3. The van der Waals surface area contributed by atoms with E-state index in [-0.39, 0.29) is 29.6 Å². The number of aromatic amines is 1. The molecule has 200 valence electrons. The highest BCUT2D eigenvalue weighted by Gasteiger charge is 2.31. The molecule has 0 bridgehead atoms. The van der Waals surface area contributed by atoms with Crippen LogP contribution in [-0.2, 0) is 4.79 Å². The molecule has 9 heteroatoms. The number of hydrogen-bond donors (Lipinski definition) is 2. The van der Waals surface area contributed by atoms with Gasteiger partial charge in [-0.15, -0.1) is 0 Å². The third kappa shape index (κ3) is 5.08. The van der Waals surface area contributed by atoms with Crippen LogP contribution in [0.15, 0.2) is 60.8 Å². The summed E-state index contributed by atoms with van der Waals surface area (Å²) in [6.45, 7) is 2.45. The van der Waals surface area contributed by atoms with Crippen LogP contribution in [0.4, 0.5) is 20.3 Å². The Balaban J connectivity index is 1.15. The van der Waals surface area contributed by atoms with Crippen LogP contribution in [0.25, 0.3) is 22.2 Å². The molecule has 1 unspecified atom stereocenters. The second-order valence-corrected chi connectivity index (χ2v) is 10.5. The number of nitrogens with zero attached hydrogens (tertiary/aromatic N) is 3. The lowest BCUT2D eigenvalue weighted by molar-refractivity contribution is -0.107. The van der Waals surface area contributed by atoms with Crippen LogP contribution in [0.3, 0.4) is 0 Å². The Bertz CT molecular complexity index is 1510. The summed E-state index contributed by atoms with van der Waals surface area (Å²) in [5.74, 6) is -1.22. The SMILES string of the molecule is C[C@H]1CC(Nc2ccc(-c3cc(N(C=O)C4CC4)nc4[nH]ccc34)cc2)CCN1C(=O)c1cc(F)cc(F)c1. The fourth-order valence-corrected chi connectivity index (χ4v) is 5.50. The Morgan fingerprint density at radius 3 is 2.49 bits per heavy atom. The van der Waals surface area contributed by atoms with E-state index in [9.17, 15) is 18.4 Å². The highest BCUT2D eigenvalue weighted by atomic mass is 19.1. The molecule has 1 saturated heterocycles. The summed E-state index contributed by atoms with van der Waals surface area (Å²) in [7, 11) is 0. The van der Waals surface area contributed by atoms with Crippen LogP contribution in [-0.4, -0.2) is 51.9 Å². The van der Waals surface area contributed by atoms with Crippen LogP contribution in [0, 0.1) is 11.6 Å². The summed E-state index contributed by atoms with van der Waals surface area (Å²) in [5, 5.41) is 4.56. The van der Waals surface area contributed by atoms with Gasteiger partial charge in [-0.3, -0.25) is 14.5 Å². The number of anilines is 2. The fourth-order valence-electron chi connectivity index (χ4n) is 5.50. The lowest BCUT2D eigenvalue weighted by Crippen LogP contribution is -2.48. The Morgan fingerprint density at radius 2 is 1.82 bits per heavy atom. The van der Waals surface area contributed by atoms with Crippen molar-refractivity contribution in [1.82, 2.24) is 14.9 Å². The first-order chi connectivity index (χ1) is 18.9. The van der Waals surface area contributed by atoms with Crippen molar-refractivity contribution >= 4 is 34.9 Å². The second-order valence-electron chi connectivity index (χ2n) is 10.5. The molecule has 1 saturated carbocycles. The predicted octanol–water partition coefficient (Wildman–Crippen LogP) is 5.74. The molecular formula is C30H29F2N5O2. The minimum atomic E-state index is -0.754. The minimum absolute atomic E-state index is 0.0329. The van der Waals surface area contributed by atoms with Gasteiger partial charge in [0.05, 0.1) is 0 Å². The maximum Gasteiger partial charge on any atom is 0.254 e. The molecular weight excluding hydrogens is 500 g/mol. The number of pyridine rings is 1. The monoisotopic (exact) mass is 529 g/mol. The number of halogens is 2. The van der Waals surface area contributed by atoms with Gasteiger partial charge in [0.15, 0.2) is 0 Å². The van der Waals surface area contributed by atoms with Crippen molar-refractivity contribution in [2.75, 3.05) is 16.8 Å². The van der Waals surface area contributed by atoms with Gasteiger partial charge in [-0.25, -0.2) is 13.8 Å². The summed E-state index contributed by atoms with van der Waals surface area (Å²) < 4.78 is 27.2. The van der Waals surface area contributed by atoms with Gasteiger partial charge in [-0.1, -0.05) is 12.1 Å². The molecule has 2 aromatic heterocycles. The lowest BCUT2D eigenvalue weighted by Gasteiger charge is -2.38. The van der Waals surface area contributed by atoms with Crippen LogP contribution >= 0.6 is 0 Å². The average molecular weight is 530 g/mol.